The Hall–Kier alpha value is -3.75. The summed E-state index contributed by atoms with van der Waals surface area (Å²) in [5.41, 5.74) is 0.745. The Kier molecular flexibility index (Phi) is 7.02. The van der Waals surface area contributed by atoms with Crippen molar-refractivity contribution in [1.82, 2.24) is 0 Å². The van der Waals surface area contributed by atoms with E-state index in [0.717, 1.165) is 37.3 Å². The Morgan fingerprint density at radius 2 is 1.66 bits per heavy atom. The lowest BCUT2D eigenvalue weighted by atomic mass is 10.1. The average Bonchev–Trinajstić information content (AvgIpc) is 2.73. The monoisotopic (exact) mass is 400 g/mol. The number of hydrogen-bond acceptors (Lipinski definition) is 7. The van der Waals surface area contributed by atoms with Gasteiger partial charge in [0.2, 0.25) is 0 Å². The molecule has 0 aliphatic heterocycles. The number of methoxy groups -OCH3 is 1. The van der Waals surface area contributed by atoms with Crippen LogP contribution in [0.3, 0.4) is 0 Å². The number of carbonyl (C=O) groups excluding carboxylic acids is 3. The molecule has 2 aromatic carbocycles. The molecule has 2 rings (SSSR count). The Labute approximate surface area is 166 Å². The van der Waals surface area contributed by atoms with Gasteiger partial charge in [-0.1, -0.05) is 19.1 Å². The van der Waals surface area contributed by atoms with E-state index in [1.165, 1.54) is 6.92 Å². The van der Waals surface area contributed by atoms with Gasteiger partial charge in [0.25, 0.3) is 11.6 Å². The maximum Gasteiger partial charge on any atom is 0.339 e. The first kappa shape index (κ1) is 21.5. The van der Waals surface area contributed by atoms with Crippen molar-refractivity contribution in [2.24, 2.45) is 0 Å². The lowest BCUT2D eigenvalue weighted by molar-refractivity contribution is -0.384. The zero-order valence-corrected chi connectivity index (χ0v) is 16.1. The third-order valence-corrected chi connectivity index (χ3v) is 4.07. The summed E-state index contributed by atoms with van der Waals surface area (Å²) in [6.07, 6.45) is -0.312. The molecular weight excluding hydrogens is 380 g/mol. The summed E-state index contributed by atoms with van der Waals surface area (Å²) in [6.45, 7) is 3.38. The van der Waals surface area contributed by atoms with E-state index < -0.39 is 34.6 Å². The highest BCUT2D eigenvalue weighted by Crippen LogP contribution is 2.19. The van der Waals surface area contributed by atoms with Gasteiger partial charge in [0, 0.05) is 17.8 Å². The van der Waals surface area contributed by atoms with E-state index >= 15 is 0 Å². The van der Waals surface area contributed by atoms with Crippen molar-refractivity contribution in [1.29, 1.82) is 0 Å². The first-order valence-corrected chi connectivity index (χ1v) is 8.73. The fraction of sp³-hybridized carbons (Fsp3) is 0.250. The molecule has 0 unspecified atom stereocenters. The molecule has 9 heteroatoms. The molecule has 0 heterocycles. The molecule has 1 atom stereocenters. The summed E-state index contributed by atoms with van der Waals surface area (Å²) in [6, 6.07) is 10.2. The molecule has 0 radical (unpaired) electrons. The molecule has 0 aromatic heterocycles. The van der Waals surface area contributed by atoms with E-state index in [1.807, 2.05) is 19.1 Å². The van der Waals surface area contributed by atoms with Crippen molar-refractivity contribution in [3.8, 4) is 0 Å². The second-order valence-corrected chi connectivity index (χ2v) is 6.10. The molecule has 1 N–H and O–H groups in total. The number of nitro groups is 1. The first-order valence-electron chi connectivity index (χ1n) is 8.73. The number of hydrogen-bond donors (Lipinski definition) is 1. The summed E-state index contributed by atoms with van der Waals surface area (Å²) < 4.78 is 9.62. The van der Waals surface area contributed by atoms with Gasteiger partial charge in [-0.2, -0.15) is 0 Å². The standard InChI is InChI=1S/C20H20N2O7/c1-4-13-5-7-16(8-6-13)21-18(23)12(2)29-20(25)15-9-14(19(24)28-3)10-17(11-15)22(26)27/h5-12H,4H2,1-3H3,(H,21,23)/t12-/m0/s1. The number of ether oxygens (including phenoxy) is 2. The number of anilines is 1. The van der Waals surface area contributed by atoms with Crippen LogP contribution in [0.5, 0.6) is 0 Å². The summed E-state index contributed by atoms with van der Waals surface area (Å²) in [5, 5.41) is 13.7. The maximum atomic E-state index is 12.4. The molecule has 152 valence electrons. The average molecular weight is 400 g/mol. The van der Waals surface area contributed by atoms with Crippen LogP contribution in [0.1, 0.15) is 40.1 Å². The van der Waals surface area contributed by atoms with Crippen molar-refractivity contribution < 1.29 is 28.8 Å². The Balaban J connectivity index is 2.13. The minimum absolute atomic E-state index is 0.179. The molecule has 2 aromatic rings. The lowest BCUT2D eigenvalue weighted by Gasteiger charge is -2.14. The number of nitrogens with zero attached hydrogens (tertiary/aromatic N) is 1. The Morgan fingerprint density at radius 1 is 1.07 bits per heavy atom. The van der Waals surface area contributed by atoms with E-state index in [4.69, 9.17) is 4.74 Å². The van der Waals surface area contributed by atoms with Gasteiger partial charge < -0.3 is 14.8 Å². The fourth-order valence-electron chi connectivity index (χ4n) is 2.42. The van der Waals surface area contributed by atoms with E-state index in [-0.39, 0.29) is 11.1 Å². The number of esters is 2. The third-order valence-electron chi connectivity index (χ3n) is 4.07. The molecular formula is C20H20N2O7. The number of non-ortho nitro benzene ring substituents is 1. The van der Waals surface area contributed by atoms with Gasteiger partial charge in [-0.25, -0.2) is 9.59 Å². The SMILES string of the molecule is CCc1ccc(NC(=O)[C@H](C)OC(=O)c2cc(C(=O)OC)cc([N+](=O)[O-])c2)cc1. The summed E-state index contributed by atoms with van der Waals surface area (Å²) in [5.74, 6) is -2.40. The fourth-order valence-corrected chi connectivity index (χ4v) is 2.42. The number of amides is 1. The predicted octanol–water partition coefficient (Wildman–Crippen LogP) is 3.13. The van der Waals surface area contributed by atoms with Crippen LogP contribution in [0.4, 0.5) is 11.4 Å². The molecule has 0 fully saturated rings. The third kappa shape index (κ3) is 5.61. The minimum atomic E-state index is -1.17. The van der Waals surface area contributed by atoms with Gasteiger partial charge in [-0.15, -0.1) is 0 Å². The van der Waals surface area contributed by atoms with Gasteiger partial charge >= 0.3 is 11.9 Å². The van der Waals surface area contributed by atoms with Crippen molar-refractivity contribution >= 4 is 29.2 Å². The highest BCUT2D eigenvalue weighted by Gasteiger charge is 2.23. The van der Waals surface area contributed by atoms with Gasteiger partial charge in [0.1, 0.15) is 0 Å². The molecule has 0 bridgehead atoms. The Bertz CT molecular complexity index is 938. The normalized spacial score (nSPS) is 11.3. The van der Waals surface area contributed by atoms with Crippen molar-refractivity contribution in [3.63, 3.8) is 0 Å². The number of aryl methyl sites for hydroxylation is 1. The second kappa shape index (κ2) is 9.45. The smallest absolute Gasteiger partial charge is 0.339 e. The number of benzene rings is 2. The first-order chi connectivity index (χ1) is 13.7. The molecule has 0 aliphatic carbocycles. The quantitative estimate of drug-likeness (QED) is 0.430. The van der Waals surface area contributed by atoms with Crippen molar-refractivity contribution in [3.05, 3.63) is 69.3 Å². The van der Waals surface area contributed by atoms with Crippen LogP contribution < -0.4 is 5.32 Å². The van der Waals surface area contributed by atoms with Crippen molar-refractivity contribution in [2.45, 2.75) is 26.4 Å². The van der Waals surface area contributed by atoms with E-state index in [0.29, 0.717) is 5.69 Å². The lowest BCUT2D eigenvalue weighted by Crippen LogP contribution is -2.30. The molecule has 1 amide bonds. The number of rotatable bonds is 7. The number of nitrogens with one attached hydrogen (secondary N) is 1. The van der Waals surface area contributed by atoms with Gasteiger partial charge in [0.05, 0.1) is 23.2 Å². The van der Waals surface area contributed by atoms with Crippen LogP contribution in [0, 0.1) is 10.1 Å². The Morgan fingerprint density at radius 3 is 2.17 bits per heavy atom. The predicted molar refractivity (Wildman–Crippen MR) is 104 cm³/mol. The summed E-state index contributed by atoms with van der Waals surface area (Å²) in [7, 11) is 1.11. The summed E-state index contributed by atoms with van der Waals surface area (Å²) in [4.78, 5) is 46.6. The highest BCUT2D eigenvalue weighted by molar-refractivity contribution is 5.99. The van der Waals surface area contributed by atoms with Crippen LogP contribution in [-0.2, 0) is 20.7 Å². The zero-order valence-electron chi connectivity index (χ0n) is 16.1. The van der Waals surface area contributed by atoms with Crippen molar-refractivity contribution in [2.75, 3.05) is 12.4 Å². The van der Waals surface area contributed by atoms with E-state index in [2.05, 4.69) is 10.1 Å². The van der Waals surface area contributed by atoms with Crippen LogP contribution in [-0.4, -0.2) is 36.0 Å². The number of nitro benzene ring substituents is 1. The second-order valence-electron chi connectivity index (χ2n) is 6.10. The van der Waals surface area contributed by atoms with E-state index in [9.17, 15) is 24.5 Å². The largest absolute Gasteiger partial charge is 0.465 e. The van der Waals surface area contributed by atoms with Crippen LogP contribution in [0.2, 0.25) is 0 Å². The van der Waals surface area contributed by atoms with Crippen LogP contribution >= 0.6 is 0 Å². The van der Waals surface area contributed by atoms with E-state index in [1.54, 1.807) is 12.1 Å². The maximum absolute atomic E-state index is 12.4. The molecule has 29 heavy (non-hydrogen) atoms. The minimum Gasteiger partial charge on any atom is -0.465 e. The topological polar surface area (TPSA) is 125 Å². The van der Waals surface area contributed by atoms with Gasteiger partial charge in [-0.3, -0.25) is 14.9 Å². The van der Waals surface area contributed by atoms with Gasteiger partial charge in [0.15, 0.2) is 6.10 Å². The van der Waals surface area contributed by atoms with Crippen LogP contribution in [0.25, 0.3) is 0 Å². The zero-order chi connectivity index (χ0) is 21.6. The molecule has 0 saturated carbocycles. The van der Waals surface area contributed by atoms with Crippen LogP contribution in [0.15, 0.2) is 42.5 Å². The molecule has 0 spiro atoms. The molecule has 9 nitrogen and oxygen atoms in total. The van der Waals surface area contributed by atoms with Gasteiger partial charge in [-0.05, 0) is 37.1 Å². The highest BCUT2D eigenvalue weighted by atomic mass is 16.6. The molecule has 0 saturated heterocycles. The summed E-state index contributed by atoms with van der Waals surface area (Å²) >= 11 is 0. The molecule has 0 aliphatic rings. The number of carbonyl (C=O) groups is 3.